The number of nitrogens with zero attached hydrogens (tertiary/aromatic N) is 7. The zero-order chi connectivity index (χ0) is 72.4. The van der Waals surface area contributed by atoms with Crippen LogP contribution >= 0.6 is 0 Å². The minimum Gasteiger partial charge on any atom is -0.478 e. The quantitative estimate of drug-likeness (QED) is 0.0788. The van der Waals surface area contributed by atoms with Crippen LogP contribution in [0.3, 0.4) is 0 Å². The van der Waals surface area contributed by atoms with E-state index in [0.717, 1.165) is 99.6 Å². The van der Waals surface area contributed by atoms with Gasteiger partial charge < -0.3 is 38.3 Å². The SMILES string of the molecule is CCN(C)S(=O)(=O)NC(=O)OC(C)(C)C.CCN(C)S(=O)(=O)NC(=O)c1ccc2c(C3CCCCC3)c3n(c2c1)CC(C(=O)N1CCOCC1)=Cc1ccccc1-3.CCN(C)S(N)(=O)=O.O=C(O)c1ccc2c(C3CCCCC3)c3n(c2c1)CC(C(=O)N1CCOCC1)=Cc1ccccc1-3. The van der Waals surface area contributed by atoms with Crippen molar-refractivity contribution in [3.05, 3.63) is 129 Å². The van der Waals surface area contributed by atoms with Crippen LogP contribution in [-0.2, 0) is 67.5 Å². The maximum atomic E-state index is 13.8. The molecule has 25 nitrogen and oxygen atoms in total. The van der Waals surface area contributed by atoms with Crippen LogP contribution in [0.5, 0.6) is 0 Å². The molecule has 0 spiro atoms. The predicted molar refractivity (Wildman–Crippen MR) is 387 cm³/mol. The summed E-state index contributed by atoms with van der Waals surface area (Å²) < 4.78 is 95.9. The largest absolute Gasteiger partial charge is 0.478 e. The number of carboxylic acid groups (broad SMARTS) is 1. The van der Waals surface area contributed by atoms with Crippen LogP contribution in [0.25, 0.3) is 56.5 Å². The van der Waals surface area contributed by atoms with Crippen molar-refractivity contribution in [1.29, 1.82) is 0 Å². The van der Waals surface area contributed by atoms with Gasteiger partial charge in [-0.3, -0.25) is 14.4 Å². The molecule has 6 aromatic rings. The van der Waals surface area contributed by atoms with Gasteiger partial charge in [-0.25, -0.2) is 24.2 Å². The van der Waals surface area contributed by atoms with Crippen molar-refractivity contribution in [2.75, 3.05) is 93.4 Å². The number of hydrogen-bond donors (Lipinski definition) is 4. The summed E-state index contributed by atoms with van der Waals surface area (Å²) in [5.74, 6) is -0.795. The van der Waals surface area contributed by atoms with E-state index in [1.165, 1.54) is 70.8 Å². The van der Waals surface area contributed by atoms with Crippen molar-refractivity contribution in [2.24, 2.45) is 5.14 Å². The third-order valence-corrected chi connectivity index (χ3v) is 23.2. The molecule has 4 amide bonds. The summed E-state index contributed by atoms with van der Waals surface area (Å²) in [4.78, 5) is 67.5. The number of nitrogens with one attached hydrogen (secondary N) is 2. The summed E-state index contributed by atoms with van der Waals surface area (Å²) >= 11 is 0. The maximum Gasteiger partial charge on any atom is 0.422 e. The van der Waals surface area contributed by atoms with Crippen LogP contribution in [0.4, 0.5) is 4.79 Å². The molecule has 12 rings (SSSR count). The number of hydrogen-bond acceptors (Lipinski definition) is 14. The highest BCUT2D eigenvalue weighted by Crippen LogP contribution is 2.49. The number of rotatable bonds is 14. The Morgan fingerprint density at radius 2 is 0.950 bits per heavy atom. The second-order valence-corrected chi connectivity index (χ2v) is 32.0. The Morgan fingerprint density at radius 1 is 0.560 bits per heavy atom. The predicted octanol–water partition coefficient (Wildman–Crippen LogP) is 9.70. The third-order valence-electron chi connectivity index (χ3n) is 19.1. The number of amides is 4. The highest BCUT2D eigenvalue weighted by Gasteiger charge is 2.35. The van der Waals surface area contributed by atoms with Crippen LogP contribution in [0.15, 0.2) is 96.1 Å². The zero-order valence-electron chi connectivity index (χ0n) is 58.8. The molecule has 28 heteroatoms. The molecule has 2 saturated heterocycles. The first kappa shape index (κ1) is 76.4. The number of carbonyl (C=O) groups excluding carboxylic acids is 4. The van der Waals surface area contributed by atoms with Crippen molar-refractivity contribution < 1.29 is 68.5 Å². The Kier molecular flexibility index (Phi) is 25.1. The number of carboxylic acids is 1. The lowest BCUT2D eigenvalue weighted by atomic mass is 9.81. The van der Waals surface area contributed by atoms with Crippen LogP contribution in [0, 0.1) is 0 Å². The second kappa shape index (κ2) is 32.9. The van der Waals surface area contributed by atoms with Crippen molar-refractivity contribution in [3.63, 3.8) is 0 Å². The van der Waals surface area contributed by atoms with E-state index in [0.29, 0.717) is 89.6 Å². The molecular weight excluding hydrogens is 1340 g/mol. The van der Waals surface area contributed by atoms with Crippen molar-refractivity contribution in [1.82, 2.24) is 41.3 Å². The molecule has 0 radical (unpaired) electrons. The molecule has 4 fully saturated rings. The number of nitrogens with two attached hydrogens (primary N) is 1. The number of fused-ring (bicyclic) bond motifs is 10. The molecule has 100 heavy (non-hydrogen) atoms. The number of aromatic carboxylic acids is 1. The highest BCUT2D eigenvalue weighted by atomic mass is 32.2. The van der Waals surface area contributed by atoms with Crippen LogP contribution < -0.4 is 14.6 Å². The number of benzene rings is 4. The van der Waals surface area contributed by atoms with Gasteiger partial charge in [0.25, 0.3) is 27.9 Å². The first-order valence-corrected chi connectivity index (χ1v) is 38.7. The minimum atomic E-state index is -3.96. The number of morpholine rings is 2. The first-order valence-electron chi connectivity index (χ1n) is 34.4. The Morgan fingerprint density at radius 3 is 1.33 bits per heavy atom. The van der Waals surface area contributed by atoms with Gasteiger partial charge in [0.2, 0.25) is 0 Å². The fourth-order valence-electron chi connectivity index (χ4n) is 13.5. The topological polar surface area (TPSA) is 312 Å². The van der Waals surface area contributed by atoms with Crippen LogP contribution in [0.1, 0.15) is 161 Å². The van der Waals surface area contributed by atoms with Crippen molar-refractivity contribution in [3.8, 4) is 22.5 Å². The van der Waals surface area contributed by atoms with Gasteiger partial charge in [0.15, 0.2) is 0 Å². The van der Waals surface area contributed by atoms with E-state index in [1.807, 2.05) is 52.3 Å². The lowest BCUT2D eigenvalue weighted by Gasteiger charge is -2.28. The second-order valence-electron chi connectivity index (χ2n) is 26.8. The fraction of sp³-hybridized carbons (Fsp3) is 0.486. The molecule has 2 aromatic heterocycles. The Bertz CT molecular complexity index is 4420. The molecule has 542 valence electrons. The molecule has 2 aliphatic carbocycles. The molecule has 6 heterocycles. The lowest BCUT2D eigenvalue weighted by molar-refractivity contribution is -0.131. The average molecular weight is 1440 g/mol. The van der Waals surface area contributed by atoms with Crippen LogP contribution in [-0.4, -0.2) is 191 Å². The number of carbonyl (C=O) groups is 5. The summed E-state index contributed by atoms with van der Waals surface area (Å²) in [5, 5.41) is 16.6. The molecule has 4 aliphatic heterocycles. The fourth-order valence-corrected chi connectivity index (χ4v) is 15.4. The van der Waals surface area contributed by atoms with E-state index >= 15 is 0 Å². The van der Waals surface area contributed by atoms with E-state index in [-0.39, 0.29) is 36.0 Å². The molecule has 0 bridgehead atoms. The Hall–Kier alpha value is -7.80. The van der Waals surface area contributed by atoms with E-state index in [1.54, 1.807) is 70.5 Å². The summed E-state index contributed by atoms with van der Waals surface area (Å²) in [6.07, 6.45) is 14.8. The van der Waals surface area contributed by atoms with Gasteiger partial charge in [0.1, 0.15) is 5.60 Å². The third kappa shape index (κ3) is 18.1. The smallest absolute Gasteiger partial charge is 0.422 e. The summed E-state index contributed by atoms with van der Waals surface area (Å²) in [6, 6.07) is 27.5. The minimum absolute atomic E-state index is 0.00962. The summed E-state index contributed by atoms with van der Waals surface area (Å²) in [6.45, 7) is 16.2. The lowest BCUT2D eigenvalue weighted by Crippen LogP contribution is -2.43. The number of ether oxygens (including phenoxy) is 3. The van der Waals surface area contributed by atoms with Gasteiger partial charge in [-0.15, -0.1) is 0 Å². The van der Waals surface area contributed by atoms with Crippen LogP contribution in [0.2, 0.25) is 0 Å². The zero-order valence-corrected chi connectivity index (χ0v) is 61.2. The molecule has 5 N–H and O–H groups in total. The monoisotopic (exact) mass is 1440 g/mol. The average Bonchev–Trinajstić information content (AvgIpc) is 1.58. The van der Waals surface area contributed by atoms with Gasteiger partial charge in [0.05, 0.1) is 56.5 Å². The molecule has 2 saturated carbocycles. The van der Waals surface area contributed by atoms with Gasteiger partial charge >= 0.3 is 32.5 Å². The van der Waals surface area contributed by atoms with Gasteiger partial charge in [-0.05, 0) is 117 Å². The Labute approximate surface area is 587 Å². The number of aromatic nitrogens is 2. The van der Waals surface area contributed by atoms with Gasteiger partial charge in [0, 0.05) is 117 Å². The van der Waals surface area contributed by atoms with E-state index < -0.39 is 54.2 Å². The van der Waals surface area contributed by atoms with Crippen molar-refractivity contribution >= 4 is 94.4 Å². The Balaban J connectivity index is 0.000000180. The normalized spacial score (nSPS) is 16.9. The molecule has 0 atom stereocenters. The van der Waals surface area contributed by atoms with Gasteiger partial charge in [-0.2, -0.15) is 38.2 Å². The molecule has 6 aliphatic rings. The van der Waals surface area contributed by atoms with Gasteiger partial charge in [-0.1, -0.05) is 120 Å². The van der Waals surface area contributed by atoms with E-state index in [9.17, 15) is 54.3 Å². The molecule has 0 unspecified atom stereocenters. The first-order chi connectivity index (χ1) is 47.5. The highest BCUT2D eigenvalue weighted by molar-refractivity contribution is 7.88. The maximum absolute atomic E-state index is 13.8. The molecular formula is C72H96N10O15S3. The molecule has 4 aromatic carbocycles. The van der Waals surface area contributed by atoms with E-state index in [2.05, 4.69) is 49.3 Å². The standard InChI is InChI=1S/C32H38N4O5S.C29H30N2O4.C8H18N2O4S.C3H10N2O2S/c1-3-34(2)42(39,40)33-31(37)24-13-14-27-28(20-24)36-21-25(32(38)35-15-17-41-18-16-35)19-23-11-7-8-12-26(23)30(36)29(27)22-9-5-4-6-10-22;32-28(30-12-14-35-15-13-30)22-16-20-8-4-5-9-23(20)27-26(19-6-2-1-3-7-19)24-11-10-21(29(33)34)17-25(24)31(27)18-22;1-6-10(5)15(12,13)9-7(11)14-8(2,3)4;1-3-5(2)8(4,6)7/h7-8,11-14,19-20,22H,3-6,9-10,15-18,21H2,1-2H3,(H,33,37);4-5,8-11,16-17,19H,1-3,6-7,12-15,18H2,(H,33,34);6H2,1-5H3,(H,9,11);3H2,1-2H3,(H2,4,6,7). The summed E-state index contributed by atoms with van der Waals surface area (Å²) in [5.41, 5.74) is 12.0. The van der Waals surface area contributed by atoms with E-state index in [4.69, 9.17) is 14.2 Å². The van der Waals surface area contributed by atoms with Crippen molar-refractivity contribution in [2.45, 2.75) is 136 Å². The summed E-state index contributed by atoms with van der Waals surface area (Å²) in [7, 11) is -6.93.